The van der Waals surface area contributed by atoms with E-state index in [0.717, 1.165) is 13.1 Å². The Labute approximate surface area is 111 Å². The minimum atomic E-state index is 0.0803. The van der Waals surface area contributed by atoms with Crippen molar-refractivity contribution in [3.05, 3.63) is 0 Å². The summed E-state index contributed by atoms with van der Waals surface area (Å²) in [6.45, 7) is 14.3. The van der Waals surface area contributed by atoms with E-state index in [1.807, 2.05) is 9.80 Å². The Morgan fingerprint density at radius 2 is 1.06 bits per heavy atom. The van der Waals surface area contributed by atoms with Crippen molar-refractivity contribution < 1.29 is 9.59 Å². The van der Waals surface area contributed by atoms with Gasteiger partial charge in [0, 0.05) is 40.0 Å². The maximum Gasteiger partial charge on any atom is 0.219 e. The number of rotatable bonds is 7. The van der Waals surface area contributed by atoms with Crippen LogP contribution in [-0.2, 0) is 9.59 Å². The molecule has 0 saturated carbocycles. The van der Waals surface area contributed by atoms with Crippen molar-refractivity contribution in [3.63, 3.8) is 0 Å². The molecule has 0 atom stereocenters. The first-order valence-electron chi connectivity index (χ1n) is 6.75. The molecule has 0 rings (SSSR count). The highest BCUT2D eigenvalue weighted by Gasteiger charge is 2.15. The number of nitrogens with zero attached hydrogens (tertiary/aromatic N) is 2. The van der Waals surface area contributed by atoms with Crippen LogP contribution in [0, 0.1) is 11.8 Å². The second-order valence-electron chi connectivity index (χ2n) is 5.72. The number of carbonyl (C=O) groups excluding carboxylic acids is 2. The quantitative estimate of drug-likeness (QED) is 0.699. The third-order valence-electron chi connectivity index (χ3n) is 2.70. The molecule has 0 N–H and O–H groups in total. The van der Waals surface area contributed by atoms with E-state index in [1.165, 1.54) is 0 Å². The molecule has 2 amide bonds. The van der Waals surface area contributed by atoms with Gasteiger partial charge in [-0.05, 0) is 11.8 Å². The van der Waals surface area contributed by atoms with Crippen LogP contribution in [0.2, 0.25) is 0 Å². The van der Waals surface area contributed by atoms with Crippen LogP contribution in [0.5, 0.6) is 0 Å². The van der Waals surface area contributed by atoms with Crippen LogP contribution in [0.25, 0.3) is 0 Å². The van der Waals surface area contributed by atoms with Crippen LogP contribution < -0.4 is 0 Å². The van der Waals surface area contributed by atoms with Crippen molar-refractivity contribution in [1.82, 2.24) is 9.80 Å². The highest BCUT2D eigenvalue weighted by atomic mass is 16.2. The summed E-state index contributed by atoms with van der Waals surface area (Å²) in [5, 5.41) is 0. The van der Waals surface area contributed by atoms with Gasteiger partial charge in [-0.15, -0.1) is 0 Å². The lowest BCUT2D eigenvalue weighted by molar-refractivity contribution is -0.133. The van der Waals surface area contributed by atoms with Crippen molar-refractivity contribution in [1.29, 1.82) is 0 Å². The Morgan fingerprint density at radius 3 is 1.22 bits per heavy atom. The maximum atomic E-state index is 11.5. The molecule has 0 aromatic rings. The molecule has 0 aliphatic carbocycles. The highest BCUT2D eigenvalue weighted by molar-refractivity contribution is 5.74. The summed E-state index contributed by atoms with van der Waals surface area (Å²) in [5.74, 6) is 1.06. The Kier molecular flexibility index (Phi) is 7.64. The fourth-order valence-corrected chi connectivity index (χ4v) is 1.88. The third kappa shape index (κ3) is 7.30. The van der Waals surface area contributed by atoms with Gasteiger partial charge in [0.2, 0.25) is 11.8 Å². The Morgan fingerprint density at radius 1 is 0.778 bits per heavy atom. The predicted octanol–water partition coefficient (Wildman–Crippen LogP) is 2.00. The average molecular weight is 256 g/mol. The van der Waals surface area contributed by atoms with Crippen molar-refractivity contribution in [2.45, 2.75) is 41.5 Å². The minimum Gasteiger partial charge on any atom is -0.341 e. The molecule has 4 nitrogen and oxygen atoms in total. The molecule has 0 saturated heterocycles. The first-order chi connectivity index (χ1) is 8.23. The van der Waals surface area contributed by atoms with Gasteiger partial charge in [-0.2, -0.15) is 0 Å². The molecule has 106 valence electrons. The largest absolute Gasteiger partial charge is 0.341 e. The van der Waals surface area contributed by atoms with Crippen molar-refractivity contribution in [2.75, 3.05) is 26.2 Å². The predicted molar refractivity (Wildman–Crippen MR) is 74.2 cm³/mol. The summed E-state index contributed by atoms with van der Waals surface area (Å²) in [6.07, 6.45) is 0. The molecule has 0 aromatic carbocycles. The van der Waals surface area contributed by atoms with E-state index >= 15 is 0 Å². The summed E-state index contributed by atoms with van der Waals surface area (Å²) < 4.78 is 0. The SMILES string of the molecule is CC(=O)N(CCN(CC(C)C)C(C)=O)CC(C)C. The van der Waals surface area contributed by atoms with Crippen LogP contribution in [0.1, 0.15) is 41.5 Å². The maximum absolute atomic E-state index is 11.5. The van der Waals surface area contributed by atoms with Gasteiger partial charge in [-0.25, -0.2) is 0 Å². The zero-order chi connectivity index (χ0) is 14.3. The van der Waals surface area contributed by atoms with Crippen LogP contribution in [0.4, 0.5) is 0 Å². The van der Waals surface area contributed by atoms with Crippen LogP contribution in [0.15, 0.2) is 0 Å². The summed E-state index contributed by atoms with van der Waals surface area (Å²) in [4.78, 5) is 26.7. The first kappa shape index (κ1) is 16.9. The van der Waals surface area contributed by atoms with E-state index in [4.69, 9.17) is 0 Å². The standard InChI is InChI=1S/C14H28N2O2/c1-11(2)9-15(13(5)17)7-8-16(14(6)18)10-12(3)4/h11-12H,7-10H2,1-6H3. The van der Waals surface area contributed by atoms with Crippen molar-refractivity contribution >= 4 is 11.8 Å². The molecule has 0 aliphatic heterocycles. The minimum absolute atomic E-state index is 0.0803. The Hall–Kier alpha value is -1.06. The lowest BCUT2D eigenvalue weighted by atomic mass is 10.2. The molecule has 0 bridgehead atoms. The van der Waals surface area contributed by atoms with Crippen LogP contribution in [-0.4, -0.2) is 47.8 Å². The monoisotopic (exact) mass is 256 g/mol. The second kappa shape index (κ2) is 8.11. The molecular formula is C14H28N2O2. The summed E-state index contributed by atoms with van der Waals surface area (Å²) in [5.41, 5.74) is 0. The molecule has 4 heteroatoms. The normalized spacial score (nSPS) is 10.9. The molecule has 0 aromatic heterocycles. The van der Waals surface area contributed by atoms with Crippen LogP contribution in [0.3, 0.4) is 0 Å². The van der Waals surface area contributed by atoms with Crippen LogP contribution >= 0.6 is 0 Å². The molecule has 0 fully saturated rings. The zero-order valence-corrected chi connectivity index (χ0v) is 12.7. The van der Waals surface area contributed by atoms with E-state index in [-0.39, 0.29) is 11.8 Å². The fourth-order valence-electron chi connectivity index (χ4n) is 1.88. The Balaban J connectivity index is 4.37. The van der Waals surface area contributed by atoms with Gasteiger partial charge in [-0.3, -0.25) is 9.59 Å². The summed E-state index contributed by atoms with van der Waals surface area (Å²) >= 11 is 0. The van der Waals surface area contributed by atoms with E-state index in [2.05, 4.69) is 27.7 Å². The molecule has 18 heavy (non-hydrogen) atoms. The number of amides is 2. The molecule has 0 heterocycles. The smallest absolute Gasteiger partial charge is 0.219 e. The number of carbonyl (C=O) groups is 2. The third-order valence-corrected chi connectivity index (χ3v) is 2.70. The van der Waals surface area contributed by atoms with Gasteiger partial charge in [0.1, 0.15) is 0 Å². The average Bonchev–Trinajstić information content (AvgIpc) is 2.20. The van der Waals surface area contributed by atoms with E-state index in [1.54, 1.807) is 13.8 Å². The molecule has 0 radical (unpaired) electrons. The molecule has 0 spiro atoms. The van der Waals surface area contributed by atoms with Gasteiger partial charge in [0.25, 0.3) is 0 Å². The zero-order valence-electron chi connectivity index (χ0n) is 12.7. The van der Waals surface area contributed by atoms with Crippen molar-refractivity contribution in [3.8, 4) is 0 Å². The van der Waals surface area contributed by atoms with E-state index in [0.29, 0.717) is 24.9 Å². The lowest BCUT2D eigenvalue weighted by Gasteiger charge is -2.28. The topological polar surface area (TPSA) is 40.6 Å². The first-order valence-corrected chi connectivity index (χ1v) is 6.75. The Bertz CT molecular complexity index is 247. The second-order valence-corrected chi connectivity index (χ2v) is 5.72. The van der Waals surface area contributed by atoms with Gasteiger partial charge in [0.15, 0.2) is 0 Å². The number of hydrogen-bond donors (Lipinski definition) is 0. The summed E-state index contributed by atoms with van der Waals surface area (Å²) in [7, 11) is 0. The molecule has 0 aliphatic rings. The van der Waals surface area contributed by atoms with Gasteiger partial charge in [0.05, 0.1) is 0 Å². The number of hydrogen-bond acceptors (Lipinski definition) is 2. The van der Waals surface area contributed by atoms with Gasteiger partial charge >= 0.3 is 0 Å². The van der Waals surface area contributed by atoms with E-state index in [9.17, 15) is 9.59 Å². The van der Waals surface area contributed by atoms with Crippen molar-refractivity contribution in [2.24, 2.45) is 11.8 Å². The lowest BCUT2D eigenvalue weighted by Crippen LogP contribution is -2.42. The summed E-state index contributed by atoms with van der Waals surface area (Å²) in [6, 6.07) is 0. The van der Waals surface area contributed by atoms with E-state index < -0.39 is 0 Å². The molecular weight excluding hydrogens is 228 g/mol. The van der Waals surface area contributed by atoms with Gasteiger partial charge < -0.3 is 9.80 Å². The highest BCUT2D eigenvalue weighted by Crippen LogP contribution is 2.03. The molecule has 0 unspecified atom stereocenters. The van der Waals surface area contributed by atoms with Gasteiger partial charge in [-0.1, -0.05) is 27.7 Å². The fraction of sp³-hybridized carbons (Fsp3) is 0.857.